The normalized spacial score (nSPS) is 14.9. The minimum absolute atomic E-state index is 0.433. The number of aryl methyl sites for hydroxylation is 4. The van der Waals surface area contributed by atoms with Crippen LogP contribution in [-0.2, 0) is 19.5 Å². The molecule has 0 aliphatic carbocycles. The Bertz CT molecular complexity index is 1140. The van der Waals surface area contributed by atoms with Crippen molar-refractivity contribution < 1.29 is 0 Å². The summed E-state index contributed by atoms with van der Waals surface area (Å²) >= 11 is 0. The molecule has 0 unspecified atom stereocenters. The van der Waals surface area contributed by atoms with Crippen molar-refractivity contribution in [2.45, 2.75) is 67.1 Å². The fourth-order valence-electron chi connectivity index (χ4n) is 5.08. The zero-order valence-corrected chi connectivity index (χ0v) is 22.8. The van der Waals surface area contributed by atoms with Crippen LogP contribution in [0.15, 0.2) is 42.5 Å². The van der Waals surface area contributed by atoms with E-state index in [0.29, 0.717) is 6.04 Å². The third kappa shape index (κ3) is 5.79. The van der Waals surface area contributed by atoms with Crippen molar-refractivity contribution in [1.29, 1.82) is 0 Å². The minimum atomic E-state index is 0.433. The largest absolute Gasteiger partial charge is 0.354 e. The van der Waals surface area contributed by atoms with Gasteiger partial charge in [0.1, 0.15) is 5.82 Å². The van der Waals surface area contributed by atoms with Crippen LogP contribution in [0.4, 0.5) is 5.82 Å². The van der Waals surface area contributed by atoms with E-state index in [1.807, 2.05) is 0 Å². The summed E-state index contributed by atoms with van der Waals surface area (Å²) in [5, 5.41) is 5.22. The summed E-state index contributed by atoms with van der Waals surface area (Å²) in [5.41, 5.74) is 9.14. The van der Waals surface area contributed by atoms with E-state index in [4.69, 9.17) is 5.10 Å². The van der Waals surface area contributed by atoms with Crippen LogP contribution in [0.1, 0.15) is 54.3 Å². The summed E-state index contributed by atoms with van der Waals surface area (Å²) in [5.74, 6) is 1.28. The van der Waals surface area contributed by atoms with E-state index < -0.39 is 0 Å². The Hall–Kier alpha value is -2.63. The highest BCUT2D eigenvalue weighted by Crippen LogP contribution is 2.31. The van der Waals surface area contributed by atoms with Gasteiger partial charge < -0.3 is 9.80 Å². The Morgan fingerprint density at radius 3 is 2.26 bits per heavy atom. The third-order valence-corrected chi connectivity index (χ3v) is 7.39. The van der Waals surface area contributed by atoms with Crippen LogP contribution in [0, 0.1) is 20.8 Å². The molecule has 0 saturated carbocycles. The molecular formula is C30H43N5. The average Bonchev–Trinajstić information content (AvgIpc) is 3.19. The number of anilines is 1. The second-order valence-electron chi connectivity index (χ2n) is 10.6. The smallest absolute Gasteiger partial charge is 0.137 e. The number of benzene rings is 2. The molecule has 5 heteroatoms. The number of hydrogen-bond acceptors (Lipinski definition) is 4. The number of nitrogens with zero attached hydrogens (tertiary/aromatic N) is 5. The van der Waals surface area contributed by atoms with Crippen molar-refractivity contribution >= 4 is 5.82 Å². The van der Waals surface area contributed by atoms with Gasteiger partial charge in [-0.15, -0.1) is 0 Å². The Morgan fingerprint density at radius 1 is 0.914 bits per heavy atom. The maximum absolute atomic E-state index is 5.22. The van der Waals surface area contributed by atoms with E-state index in [2.05, 4.69) is 110 Å². The van der Waals surface area contributed by atoms with E-state index >= 15 is 0 Å². The lowest BCUT2D eigenvalue weighted by molar-refractivity contribution is 0.202. The summed E-state index contributed by atoms with van der Waals surface area (Å²) in [7, 11) is 2.22. The fourth-order valence-corrected chi connectivity index (χ4v) is 5.08. The van der Waals surface area contributed by atoms with E-state index in [1.54, 1.807) is 0 Å². The molecule has 1 aliphatic heterocycles. The van der Waals surface area contributed by atoms with Crippen molar-refractivity contribution in [3.8, 4) is 5.69 Å². The van der Waals surface area contributed by atoms with Crippen LogP contribution in [0.2, 0.25) is 0 Å². The van der Waals surface area contributed by atoms with Gasteiger partial charge in [0.05, 0.1) is 11.4 Å². The van der Waals surface area contributed by atoms with Crippen LogP contribution < -0.4 is 4.90 Å². The maximum Gasteiger partial charge on any atom is 0.137 e. The average molecular weight is 474 g/mol. The summed E-state index contributed by atoms with van der Waals surface area (Å²) < 4.78 is 2.22. The number of hydrogen-bond donors (Lipinski definition) is 0. The topological polar surface area (TPSA) is 27.5 Å². The molecule has 1 aromatic heterocycles. The molecule has 4 rings (SSSR count). The number of likely N-dealkylation sites (N-methyl/N-ethyl adjacent to an activating group) is 1. The van der Waals surface area contributed by atoms with E-state index in [0.717, 1.165) is 51.4 Å². The first kappa shape index (κ1) is 25.5. The molecule has 0 radical (unpaired) electrons. The number of rotatable bonds is 8. The van der Waals surface area contributed by atoms with E-state index in [1.165, 1.54) is 39.3 Å². The Morgan fingerprint density at radius 2 is 1.63 bits per heavy atom. The number of piperazine rings is 1. The molecule has 0 amide bonds. The van der Waals surface area contributed by atoms with Gasteiger partial charge >= 0.3 is 0 Å². The fraction of sp³-hybridized carbons (Fsp3) is 0.500. The molecule has 35 heavy (non-hydrogen) atoms. The van der Waals surface area contributed by atoms with Gasteiger partial charge in [-0.3, -0.25) is 4.90 Å². The lowest BCUT2D eigenvalue weighted by Crippen LogP contribution is -2.45. The van der Waals surface area contributed by atoms with Crippen LogP contribution in [0.3, 0.4) is 0 Å². The first-order valence-corrected chi connectivity index (χ1v) is 13.2. The standard InChI is InChI=1S/C30H43N5/c1-8-29-28(21-34(22(2)3)20-26-13-12-24(5)18-25(26)6)30(33-16-14-32(7)15-17-33)35(31-29)27-11-9-10-23(4)19-27/h9-13,18-19,22H,8,14-17,20-21H2,1-7H3. The second kappa shape index (κ2) is 11.0. The van der Waals surface area contributed by atoms with Gasteiger partial charge in [-0.25, -0.2) is 4.68 Å². The molecule has 0 N–H and O–H groups in total. The van der Waals surface area contributed by atoms with Gasteiger partial charge in [-0.05, 0) is 76.9 Å². The molecule has 188 valence electrons. The summed E-state index contributed by atoms with van der Waals surface area (Å²) in [6, 6.07) is 16.0. The van der Waals surface area contributed by atoms with Crippen molar-refractivity contribution in [1.82, 2.24) is 19.6 Å². The lowest BCUT2D eigenvalue weighted by atomic mass is 10.0. The zero-order valence-electron chi connectivity index (χ0n) is 22.8. The summed E-state index contributed by atoms with van der Waals surface area (Å²) in [6.45, 7) is 19.5. The molecule has 3 aromatic rings. The molecule has 0 bridgehead atoms. The third-order valence-electron chi connectivity index (χ3n) is 7.39. The molecule has 0 atom stereocenters. The minimum Gasteiger partial charge on any atom is -0.354 e. The quantitative estimate of drug-likeness (QED) is 0.430. The SMILES string of the molecule is CCc1nn(-c2cccc(C)c2)c(N2CCN(C)CC2)c1CN(Cc1ccc(C)cc1C)C(C)C. The molecule has 2 heterocycles. The van der Waals surface area contributed by atoms with Crippen molar-refractivity contribution in [3.63, 3.8) is 0 Å². The molecule has 5 nitrogen and oxygen atoms in total. The molecule has 2 aromatic carbocycles. The van der Waals surface area contributed by atoms with Crippen LogP contribution in [0.25, 0.3) is 5.69 Å². The second-order valence-corrected chi connectivity index (χ2v) is 10.6. The van der Waals surface area contributed by atoms with Gasteiger partial charge in [0.25, 0.3) is 0 Å². The van der Waals surface area contributed by atoms with E-state index in [9.17, 15) is 0 Å². The van der Waals surface area contributed by atoms with Crippen molar-refractivity contribution in [2.75, 3.05) is 38.1 Å². The van der Waals surface area contributed by atoms with Crippen LogP contribution in [-0.4, -0.2) is 58.8 Å². The summed E-state index contributed by atoms with van der Waals surface area (Å²) in [4.78, 5) is 7.60. The zero-order chi connectivity index (χ0) is 25.1. The first-order valence-electron chi connectivity index (χ1n) is 13.2. The van der Waals surface area contributed by atoms with Gasteiger partial charge in [-0.1, -0.05) is 42.8 Å². The molecule has 0 spiro atoms. The highest BCUT2D eigenvalue weighted by molar-refractivity contribution is 5.56. The predicted octanol–water partition coefficient (Wildman–Crippen LogP) is 5.52. The molecule has 1 saturated heterocycles. The Labute approximate surface area is 212 Å². The lowest BCUT2D eigenvalue weighted by Gasteiger charge is -2.35. The molecule has 1 fully saturated rings. The van der Waals surface area contributed by atoms with Crippen LogP contribution in [0.5, 0.6) is 0 Å². The Balaban J connectivity index is 1.76. The monoisotopic (exact) mass is 473 g/mol. The molecular weight excluding hydrogens is 430 g/mol. The van der Waals surface area contributed by atoms with Gasteiger partial charge in [0.15, 0.2) is 0 Å². The summed E-state index contributed by atoms with van der Waals surface area (Å²) in [6.07, 6.45) is 0.935. The highest BCUT2D eigenvalue weighted by Gasteiger charge is 2.27. The highest BCUT2D eigenvalue weighted by atomic mass is 15.4. The predicted molar refractivity (Wildman–Crippen MR) is 148 cm³/mol. The number of aromatic nitrogens is 2. The Kier molecular flexibility index (Phi) is 7.98. The van der Waals surface area contributed by atoms with Gasteiger partial charge in [0.2, 0.25) is 0 Å². The first-order chi connectivity index (χ1) is 16.8. The molecule has 1 aliphatic rings. The van der Waals surface area contributed by atoms with Gasteiger partial charge in [0, 0.05) is 50.9 Å². The maximum atomic E-state index is 5.22. The van der Waals surface area contributed by atoms with Crippen molar-refractivity contribution in [2.24, 2.45) is 0 Å². The van der Waals surface area contributed by atoms with Crippen molar-refractivity contribution in [3.05, 3.63) is 76.0 Å². The van der Waals surface area contributed by atoms with E-state index in [-0.39, 0.29) is 0 Å². The van der Waals surface area contributed by atoms with Crippen LogP contribution >= 0.6 is 0 Å². The van der Waals surface area contributed by atoms with Gasteiger partial charge in [-0.2, -0.15) is 5.10 Å².